The van der Waals surface area contributed by atoms with Gasteiger partial charge in [-0.2, -0.15) is 0 Å². The Labute approximate surface area is 180 Å². The Morgan fingerprint density at radius 2 is 2.10 bits per heavy atom. The monoisotopic (exact) mass is 428 g/mol. The van der Waals surface area contributed by atoms with Crippen LogP contribution in [0, 0.1) is 0 Å². The molecule has 1 aromatic carbocycles. The summed E-state index contributed by atoms with van der Waals surface area (Å²) in [7, 11) is 0. The summed E-state index contributed by atoms with van der Waals surface area (Å²) in [6.07, 6.45) is 6.11. The predicted octanol–water partition coefficient (Wildman–Crippen LogP) is 2.73. The molecule has 1 aliphatic carbocycles. The maximum Gasteiger partial charge on any atom is 0.217 e. The van der Waals surface area contributed by atoms with Crippen molar-refractivity contribution in [3.8, 4) is 0 Å². The molecule has 1 saturated heterocycles. The normalized spacial score (nSPS) is 19.0. The smallest absolute Gasteiger partial charge is 0.217 e. The molecule has 1 fully saturated rings. The van der Waals surface area contributed by atoms with Gasteiger partial charge in [0.25, 0.3) is 0 Å². The van der Waals surface area contributed by atoms with Crippen molar-refractivity contribution in [2.45, 2.75) is 74.9 Å². The van der Waals surface area contributed by atoms with Crippen LogP contribution in [0.4, 0.5) is 0 Å². The Bertz CT molecular complexity index is 936. The molecule has 160 valence electrons. The molecule has 1 aliphatic heterocycles. The molecule has 4 rings (SSSR count). The summed E-state index contributed by atoms with van der Waals surface area (Å²) in [5.41, 5.74) is 8.73. The van der Waals surface area contributed by atoms with E-state index in [0.29, 0.717) is 23.9 Å². The third kappa shape index (κ3) is 4.75. The van der Waals surface area contributed by atoms with Gasteiger partial charge in [-0.25, -0.2) is 0 Å². The Morgan fingerprint density at radius 1 is 1.27 bits per heavy atom. The van der Waals surface area contributed by atoms with Crippen molar-refractivity contribution in [2.75, 3.05) is 6.61 Å². The molecule has 1 aromatic heterocycles. The van der Waals surface area contributed by atoms with Gasteiger partial charge in [0.1, 0.15) is 5.82 Å². The van der Waals surface area contributed by atoms with E-state index in [1.54, 1.807) is 0 Å². The SMILES string of the molecule is CC(Sc1nnc(CCC(N)=O)n1CC1CCCO1)C(=O)c1ccc2c(c1)CCC2. The summed E-state index contributed by atoms with van der Waals surface area (Å²) in [5.74, 6) is 0.444. The molecule has 30 heavy (non-hydrogen) atoms. The zero-order valence-corrected chi connectivity index (χ0v) is 18.1. The summed E-state index contributed by atoms with van der Waals surface area (Å²) in [6, 6.07) is 6.09. The molecule has 2 heterocycles. The summed E-state index contributed by atoms with van der Waals surface area (Å²) in [6.45, 7) is 3.30. The van der Waals surface area contributed by atoms with Gasteiger partial charge < -0.3 is 15.0 Å². The number of ether oxygens (including phenoxy) is 1. The molecule has 2 unspecified atom stereocenters. The minimum Gasteiger partial charge on any atom is -0.376 e. The second kappa shape index (κ2) is 9.31. The molecular weight excluding hydrogens is 400 g/mol. The van der Waals surface area contributed by atoms with E-state index in [2.05, 4.69) is 22.3 Å². The van der Waals surface area contributed by atoms with Gasteiger partial charge in [-0.1, -0.05) is 23.9 Å². The largest absolute Gasteiger partial charge is 0.376 e. The highest BCUT2D eigenvalue weighted by Crippen LogP contribution is 2.29. The number of ketones is 1. The lowest BCUT2D eigenvalue weighted by atomic mass is 10.0. The summed E-state index contributed by atoms with van der Waals surface area (Å²) >= 11 is 1.41. The number of rotatable bonds is 9. The van der Waals surface area contributed by atoms with E-state index < -0.39 is 0 Å². The van der Waals surface area contributed by atoms with Crippen LogP contribution in [0.1, 0.15) is 59.9 Å². The van der Waals surface area contributed by atoms with E-state index in [-0.39, 0.29) is 29.5 Å². The second-order valence-corrected chi connectivity index (χ2v) is 9.38. The van der Waals surface area contributed by atoms with E-state index in [1.165, 1.54) is 22.9 Å². The van der Waals surface area contributed by atoms with Crippen molar-refractivity contribution in [2.24, 2.45) is 5.73 Å². The Morgan fingerprint density at radius 3 is 2.87 bits per heavy atom. The first-order valence-corrected chi connectivity index (χ1v) is 11.5. The van der Waals surface area contributed by atoms with E-state index in [0.717, 1.165) is 44.3 Å². The van der Waals surface area contributed by atoms with Gasteiger partial charge in [0.2, 0.25) is 5.91 Å². The number of fused-ring (bicyclic) bond motifs is 1. The number of aromatic nitrogens is 3. The number of benzene rings is 1. The van der Waals surface area contributed by atoms with Gasteiger partial charge in [-0.15, -0.1) is 10.2 Å². The van der Waals surface area contributed by atoms with Crippen LogP contribution in [0.25, 0.3) is 0 Å². The Kier molecular flexibility index (Phi) is 6.53. The molecule has 0 spiro atoms. The molecule has 2 atom stereocenters. The quantitative estimate of drug-likeness (QED) is 0.487. The summed E-state index contributed by atoms with van der Waals surface area (Å²) in [5, 5.41) is 9.00. The fourth-order valence-corrected chi connectivity index (χ4v) is 5.13. The number of nitrogens with zero attached hydrogens (tertiary/aromatic N) is 3. The second-order valence-electron chi connectivity index (χ2n) is 8.07. The first-order chi connectivity index (χ1) is 14.5. The Hall–Kier alpha value is -2.19. The molecule has 0 radical (unpaired) electrons. The summed E-state index contributed by atoms with van der Waals surface area (Å²) in [4.78, 5) is 24.3. The number of hydrogen-bond donors (Lipinski definition) is 1. The van der Waals surface area contributed by atoms with Gasteiger partial charge >= 0.3 is 0 Å². The number of carbonyl (C=O) groups excluding carboxylic acids is 2. The average Bonchev–Trinajstić information content (AvgIpc) is 3.48. The first-order valence-electron chi connectivity index (χ1n) is 10.7. The van der Waals surface area contributed by atoms with Crippen molar-refractivity contribution in [3.05, 3.63) is 40.7 Å². The lowest BCUT2D eigenvalue weighted by Crippen LogP contribution is -2.20. The van der Waals surface area contributed by atoms with Gasteiger partial charge in [0, 0.05) is 25.0 Å². The van der Waals surface area contributed by atoms with E-state index in [1.807, 2.05) is 17.6 Å². The highest BCUT2D eigenvalue weighted by molar-refractivity contribution is 8.00. The highest BCUT2D eigenvalue weighted by atomic mass is 32.2. The molecule has 1 amide bonds. The lowest BCUT2D eigenvalue weighted by Gasteiger charge is -2.16. The number of hydrogen-bond acceptors (Lipinski definition) is 6. The van der Waals surface area contributed by atoms with E-state index >= 15 is 0 Å². The number of primary amides is 1. The maximum absolute atomic E-state index is 13.1. The van der Waals surface area contributed by atoms with Crippen LogP contribution in [0.3, 0.4) is 0 Å². The molecular formula is C22H28N4O3S. The standard InChI is InChI=1S/C22H28N4O3S/c1-14(21(28)17-8-7-15-4-2-5-16(15)12-17)30-22-25-24-20(10-9-19(23)27)26(22)13-18-6-3-11-29-18/h7-8,12,14,18H,2-6,9-11,13H2,1H3,(H2,23,27). The van der Waals surface area contributed by atoms with Crippen LogP contribution in [0.15, 0.2) is 23.4 Å². The maximum atomic E-state index is 13.1. The minimum atomic E-state index is -0.365. The zero-order valence-electron chi connectivity index (χ0n) is 17.3. The molecule has 0 saturated carbocycles. The van der Waals surface area contributed by atoms with Crippen LogP contribution in [0.2, 0.25) is 0 Å². The number of aryl methyl sites for hydroxylation is 3. The Balaban J connectivity index is 1.50. The fourth-order valence-electron chi connectivity index (χ4n) is 4.17. The fraction of sp³-hybridized carbons (Fsp3) is 0.545. The van der Waals surface area contributed by atoms with Crippen LogP contribution in [-0.2, 0) is 35.3 Å². The predicted molar refractivity (Wildman–Crippen MR) is 115 cm³/mol. The topological polar surface area (TPSA) is 100 Å². The van der Waals surface area contributed by atoms with Gasteiger partial charge in [0.05, 0.1) is 17.9 Å². The van der Waals surface area contributed by atoms with Crippen molar-refractivity contribution < 1.29 is 14.3 Å². The molecule has 8 heteroatoms. The first kappa shape index (κ1) is 21.1. The third-order valence-electron chi connectivity index (χ3n) is 5.83. The van der Waals surface area contributed by atoms with Crippen molar-refractivity contribution in [1.29, 1.82) is 0 Å². The molecule has 7 nitrogen and oxygen atoms in total. The minimum absolute atomic E-state index is 0.0973. The van der Waals surface area contributed by atoms with Crippen molar-refractivity contribution in [3.63, 3.8) is 0 Å². The lowest BCUT2D eigenvalue weighted by molar-refractivity contribution is -0.118. The molecule has 0 bridgehead atoms. The van der Waals surface area contributed by atoms with Gasteiger partial charge in [-0.3, -0.25) is 9.59 Å². The van der Waals surface area contributed by atoms with Crippen molar-refractivity contribution >= 4 is 23.5 Å². The molecule has 2 aromatic rings. The van der Waals surface area contributed by atoms with E-state index in [9.17, 15) is 9.59 Å². The van der Waals surface area contributed by atoms with Gasteiger partial charge in [0.15, 0.2) is 10.9 Å². The molecule has 2 aliphatic rings. The average molecular weight is 429 g/mol. The van der Waals surface area contributed by atoms with E-state index in [4.69, 9.17) is 10.5 Å². The number of nitrogens with two attached hydrogens (primary N) is 1. The van der Waals surface area contributed by atoms with Gasteiger partial charge in [-0.05, 0) is 56.2 Å². The zero-order chi connectivity index (χ0) is 21.1. The number of carbonyl (C=O) groups is 2. The van der Waals surface area contributed by atoms with Crippen LogP contribution in [0.5, 0.6) is 0 Å². The van der Waals surface area contributed by atoms with Crippen LogP contribution in [-0.4, -0.2) is 44.4 Å². The number of thioether (sulfide) groups is 1. The van der Waals surface area contributed by atoms with Crippen LogP contribution < -0.4 is 5.73 Å². The highest BCUT2D eigenvalue weighted by Gasteiger charge is 2.25. The number of Topliss-reactive ketones (excluding diaryl/α,β-unsaturated/α-hetero) is 1. The van der Waals surface area contributed by atoms with Crippen LogP contribution >= 0.6 is 11.8 Å². The number of amides is 1. The van der Waals surface area contributed by atoms with Crippen molar-refractivity contribution in [1.82, 2.24) is 14.8 Å². The third-order valence-corrected chi connectivity index (χ3v) is 6.91. The molecule has 2 N–H and O–H groups in total. The summed E-state index contributed by atoms with van der Waals surface area (Å²) < 4.78 is 7.78.